The van der Waals surface area contributed by atoms with Gasteiger partial charge in [0.05, 0.1) is 31.1 Å². The molecular weight excluding hydrogens is 452 g/mol. The largest absolute Gasteiger partial charge is 0.377 e. The van der Waals surface area contributed by atoms with Gasteiger partial charge in [-0.25, -0.2) is 0 Å². The predicted molar refractivity (Wildman–Crippen MR) is 140 cm³/mol. The van der Waals surface area contributed by atoms with Crippen LogP contribution in [0.2, 0.25) is 0 Å². The van der Waals surface area contributed by atoms with Gasteiger partial charge in [-0.05, 0) is 42.7 Å². The van der Waals surface area contributed by atoms with Gasteiger partial charge >= 0.3 is 0 Å². The molecule has 0 radical (unpaired) electrons. The minimum atomic E-state index is -0.324. The first-order chi connectivity index (χ1) is 17.6. The molecule has 1 N–H and O–H groups in total. The Labute approximate surface area is 208 Å². The number of aryl methyl sites for hydroxylation is 1. The molecule has 1 fully saturated rings. The van der Waals surface area contributed by atoms with E-state index in [1.165, 1.54) is 0 Å². The molecule has 1 unspecified atom stereocenters. The molecule has 0 aliphatic carbocycles. The van der Waals surface area contributed by atoms with Gasteiger partial charge in [-0.2, -0.15) is 5.10 Å². The van der Waals surface area contributed by atoms with Crippen LogP contribution in [0.5, 0.6) is 0 Å². The van der Waals surface area contributed by atoms with Crippen molar-refractivity contribution in [3.63, 3.8) is 0 Å². The van der Waals surface area contributed by atoms with Crippen LogP contribution in [-0.4, -0.2) is 39.7 Å². The number of rotatable bonds is 6. The first-order valence-electron chi connectivity index (χ1n) is 12.1. The lowest BCUT2D eigenvalue weighted by atomic mass is 9.89. The number of aromatic amines is 1. The van der Waals surface area contributed by atoms with Crippen LogP contribution in [0.3, 0.4) is 0 Å². The summed E-state index contributed by atoms with van der Waals surface area (Å²) in [7, 11) is 1.73. The van der Waals surface area contributed by atoms with Crippen LogP contribution < -0.4 is 5.56 Å². The SMILES string of the molecule is COC(c1ccccc1)c1cc(C)c(C)c(-c2cnn(C3COC3)c2)c1-n1ccc2cc[nH]c(=O)c21. The summed E-state index contributed by atoms with van der Waals surface area (Å²) >= 11 is 0. The maximum Gasteiger partial charge on any atom is 0.272 e. The van der Waals surface area contributed by atoms with E-state index in [9.17, 15) is 4.79 Å². The normalized spacial score (nSPS) is 14.8. The topological polar surface area (TPSA) is 74.1 Å². The summed E-state index contributed by atoms with van der Waals surface area (Å²) in [5.41, 5.74) is 7.73. The van der Waals surface area contributed by atoms with Crippen molar-refractivity contribution in [1.29, 1.82) is 0 Å². The summed E-state index contributed by atoms with van der Waals surface area (Å²) in [6.45, 7) is 5.59. The molecule has 4 heterocycles. The van der Waals surface area contributed by atoms with Crippen LogP contribution in [0.15, 0.2) is 78.1 Å². The molecule has 1 aliphatic rings. The Kier molecular flexibility index (Phi) is 5.59. The zero-order valence-electron chi connectivity index (χ0n) is 20.6. The summed E-state index contributed by atoms with van der Waals surface area (Å²) in [5, 5.41) is 5.55. The number of methoxy groups -OCH3 is 1. The van der Waals surface area contributed by atoms with Crippen LogP contribution in [-0.2, 0) is 9.47 Å². The number of hydrogen-bond donors (Lipinski definition) is 1. The molecule has 0 spiro atoms. The molecule has 0 bridgehead atoms. The highest BCUT2D eigenvalue weighted by Crippen LogP contribution is 2.41. The lowest BCUT2D eigenvalue weighted by Crippen LogP contribution is -2.30. The molecule has 1 atom stereocenters. The second-order valence-electron chi connectivity index (χ2n) is 9.35. The molecule has 5 aromatic rings. The van der Waals surface area contributed by atoms with Crippen molar-refractivity contribution in [2.75, 3.05) is 20.3 Å². The van der Waals surface area contributed by atoms with E-state index in [1.54, 1.807) is 13.3 Å². The van der Waals surface area contributed by atoms with E-state index in [0.29, 0.717) is 18.7 Å². The Bertz CT molecular complexity index is 1610. The lowest BCUT2D eigenvalue weighted by Gasteiger charge is -2.26. The highest BCUT2D eigenvalue weighted by molar-refractivity contribution is 5.86. The molecule has 182 valence electrons. The Morgan fingerprint density at radius 2 is 1.94 bits per heavy atom. The van der Waals surface area contributed by atoms with Crippen molar-refractivity contribution in [2.24, 2.45) is 0 Å². The van der Waals surface area contributed by atoms with Crippen LogP contribution in [0.4, 0.5) is 0 Å². The van der Waals surface area contributed by atoms with Crippen molar-refractivity contribution in [1.82, 2.24) is 19.3 Å². The van der Waals surface area contributed by atoms with E-state index >= 15 is 0 Å². The number of benzene rings is 2. The average molecular weight is 481 g/mol. The molecule has 36 heavy (non-hydrogen) atoms. The maximum absolute atomic E-state index is 13.1. The van der Waals surface area contributed by atoms with Crippen LogP contribution in [0, 0.1) is 13.8 Å². The minimum absolute atomic E-state index is 0.136. The molecule has 0 amide bonds. The van der Waals surface area contributed by atoms with Crippen LogP contribution >= 0.6 is 0 Å². The van der Waals surface area contributed by atoms with Crippen molar-refractivity contribution in [3.8, 4) is 16.8 Å². The van der Waals surface area contributed by atoms with E-state index in [4.69, 9.17) is 9.47 Å². The average Bonchev–Trinajstić information content (AvgIpc) is 3.49. The summed E-state index contributed by atoms with van der Waals surface area (Å²) in [6.07, 6.45) is 7.33. The summed E-state index contributed by atoms with van der Waals surface area (Å²) in [6, 6.07) is 16.5. The third-order valence-corrected chi connectivity index (χ3v) is 7.20. The predicted octanol–water partition coefficient (Wildman–Crippen LogP) is 5.11. The fourth-order valence-electron chi connectivity index (χ4n) is 5.14. The zero-order valence-corrected chi connectivity index (χ0v) is 20.6. The molecule has 3 aromatic heterocycles. The first kappa shape index (κ1) is 22.5. The highest BCUT2D eigenvalue weighted by atomic mass is 16.5. The summed E-state index contributed by atoms with van der Waals surface area (Å²) < 4.78 is 15.5. The summed E-state index contributed by atoms with van der Waals surface area (Å²) in [5.74, 6) is 0. The van der Waals surface area contributed by atoms with Gasteiger partial charge in [0.2, 0.25) is 0 Å². The number of aromatic nitrogens is 4. The van der Waals surface area contributed by atoms with Crippen molar-refractivity contribution in [3.05, 3.63) is 106 Å². The number of pyridine rings is 1. The van der Waals surface area contributed by atoms with Gasteiger partial charge in [-0.3, -0.25) is 9.48 Å². The van der Waals surface area contributed by atoms with Gasteiger partial charge in [-0.1, -0.05) is 36.4 Å². The van der Waals surface area contributed by atoms with Gasteiger partial charge in [0.25, 0.3) is 5.56 Å². The van der Waals surface area contributed by atoms with Gasteiger partial charge < -0.3 is 19.0 Å². The quantitative estimate of drug-likeness (QED) is 0.367. The third kappa shape index (κ3) is 3.59. The van der Waals surface area contributed by atoms with E-state index in [2.05, 4.69) is 48.3 Å². The highest BCUT2D eigenvalue weighted by Gasteiger charge is 2.27. The molecule has 7 heteroatoms. The molecule has 1 aliphatic heterocycles. The van der Waals surface area contributed by atoms with E-state index in [0.717, 1.165) is 44.5 Å². The number of nitrogens with one attached hydrogen (secondary N) is 1. The third-order valence-electron chi connectivity index (χ3n) is 7.20. The molecule has 1 saturated heterocycles. The Morgan fingerprint density at radius 3 is 2.67 bits per heavy atom. The van der Waals surface area contributed by atoms with E-state index < -0.39 is 0 Å². The molecule has 2 aromatic carbocycles. The second-order valence-corrected chi connectivity index (χ2v) is 9.35. The van der Waals surface area contributed by atoms with Gasteiger partial charge in [-0.15, -0.1) is 0 Å². The first-order valence-corrected chi connectivity index (χ1v) is 12.1. The molecule has 7 nitrogen and oxygen atoms in total. The number of H-pyrrole nitrogens is 1. The summed E-state index contributed by atoms with van der Waals surface area (Å²) in [4.78, 5) is 15.9. The lowest BCUT2D eigenvalue weighted by molar-refractivity contribution is -0.0286. The van der Waals surface area contributed by atoms with Crippen molar-refractivity contribution < 1.29 is 9.47 Å². The fraction of sp³-hybridized carbons (Fsp3) is 0.241. The maximum atomic E-state index is 13.1. The van der Waals surface area contributed by atoms with Gasteiger partial charge in [0, 0.05) is 47.8 Å². The number of ether oxygens (including phenoxy) is 2. The van der Waals surface area contributed by atoms with Crippen LogP contribution in [0.25, 0.3) is 27.7 Å². The van der Waals surface area contributed by atoms with Crippen LogP contribution in [0.1, 0.15) is 34.4 Å². The minimum Gasteiger partial charge on any atom is -0.377 e. The smallest absolute Gasteiger partial charge is 0.272 e. The zero-order chi connectivity index (χ0) is 24.8. The van der Waals surface area contributed by atoms with E-state index in [-0.39, 0.29) is 17.7 Å². The van der Waals surface area contributed by atoms with E-state index in [1.807, 2.05) is 52.0 Å². The Hall–Kier alpha value is -3.94. The number of fused-ring (bicyclic) bond motifs is 1. The fourth-order valence-corrected chi connectivity index (χ4v) is 5.14. The molecule has 0 saturated carbocycles. The number of hydrogen-bond acceptors (Lipinski definition) is 4. The van der Waals surface area contributed by atoms with Gasteiger partial charge in [0.15, 0.2) is 0 Å². The van der Waals surface area contributed by atoms with Crippen molar-refractivity contribution in [2.45, 2.75) is 26.0 Å². The van der Waals surface area contributed by atoms with Gasteiger partial charge in [0.1, 0.15) is 11.6 Å². The second kappa shape index (κ2) is 8.93. The molecular formula is C29H28N4O3. The standard InChI is InChI=1S/C29H28N4O3/c1-18-13-24(28(35-3)21-7-5-4-6-8-21)27(32-12-10-20-9-11-30-29(34)26(20)32)25(19(18)2)22-14-31-33(15-22)23-16-36-17-23/h4-15,23,28H,16-17H2,1-3H3,(H,30,34). The Morgan fingerprint density at radius 1 is 1.14 bits per heavy atom. The Balaban J connectivity index is 1.68. The van der Waals surface area contributed by atoms with Crippen molar-refractivity contribution >= 4 is 10.9 Å². The molecule has 6 rings (SSSR count). The number of nitrogens with zero attached hydrogens (tertiary/aromatic N) is 3. The monoisotopic (exact) mass is 480 g/mol.